The second-order valence-corrected chi connectivity index (χ2v) is 5.86. The van der Waals surface area contributed by atoms with Crippen LogP contribution in [-0.2, 0) is 6.42 Å². The summed E-state index contributed by atoms with van der Waals surface area (Å²) in [5.74, 6) is 0.978. The molecule has 118 valence electrons. The fourth-order valence-corrected chi connectivity index (χ4v) is 3.13. The molecule has 6 nitrogen and oxygen atoms in total. The molecule has 6 heteroatoms. The maximum atomic E-state index is 4.38. The number of nitrogens with zero attached hydrogens (tertiary/aromatic N) is 5. The average Bonchev–Trinajstić information content (AvgIpc) is 3.04. The van der Waals surface area contributed by atoms with E-state index in [2.05, 4.69) is 48.2 Å². The van der Waals surface area contributed by atoms with Gasteiger partial charge in [-0.2, -0.15) is 5.10 Å². The highest BCUT2D eigenvalue weighted by atomic mass is 15.3. The summed E-state index contributed by atoms with van der Waals surface area (Å²) in [7, 11) is 0. The molecule has 1 saturated heterocycles. The first kappa shape index (κ1) is 14.1. The Labute approximate surface area is 135 Å². The van der Waals surface area contributed by atoms with Crippen molar-refractivity contribution in [2.75, 3.05) is 37.6 Å². The molecular formula is C17H20N6. The third-order valence-electron chi connectivity index (χ3n) is 4.46. The molecule has 2 aromatic heterocycles. The molecule has 3 heterocycles. The molecule has 23 heavy (non-hydrogen) atoms. The Hall–Kier alpha value is -2.47. The lowest BCUT2D eigenvalue weighted by molar-refractivity contribution is 0.260. The van der Waals surface area contributed by atoms with Crippen LogP contribution in [0.5, 0.6) is 0 Å². The van der Waals surface area contributed by atoms with Gasteiger partial charge in [0.1, 0.15) is 5.82 Å². The van der Waals surface area contributed by atoms with Gasteiger partial charge in [0.2, 0.25) is 0 Å². The summed E-state index contributed by atoms with van der Waals surface area (Å²) in [6.45, 7) is 5.18. The largest absolute Gasteiger partial charge is 0.353 e. The summed E-state index contributed by atoms with van der Waals surface area (Å²) in [5.41, 5.74) is 2.28. The van der Waals surface area contributed by atoms with E-state index in [0.29, 0.717) is 0 Å². The van der Waals surface area contributed by atoms with Gasteiger partial charge < -0.3 is 4.90 Å². The van der Waals surface area contributed by atoms with Gasteiger partial charge in [-0.1, -0.05) is 18.2 Å². The number of hydrogen-bond acceptors (Lipinski definition) is 5. The van der Waals surface area contributed by atoms with E-state index in [1.807, 2.05) is 12.3 Å². The predicted octanol–water partition coefficient (Wildman–Crippen LogP) is 1.72. The second-order valence-electron chi connectivity index (χ2n) is 5.86. The van der Waals surface area contributed by atoms with Gasteiger partial charge in [-0.15, -0.1) is 0 Å². The molecule has 0 aliphatic carbocycles. The van der Waals surface area contributed by atoms with E-state index in [9.17, 15) is 0 Å². The normalized spacial score (nSPS) is 16.1. The van der Waals surface area contributed by atoms with Crippen LogP contribution in [0.3, 0.4) is 0 Å². The molecule has 0 spiro atoms. The smallest absolute Gasteiger partial charge is 0.147 e. The minimum Gasteiger partial charge on any atom is -0.353 e. The molecule has 0 radical (unpaired) electrons. The second kappa shape index (κ2) is 6.34. The number of fused-ring (bicyclic) bond motifs is 1. The van der Waals surface area contributed by atoms with E-state index in [-0.39, 0.29) is 0 Å². The SMILES string of the molecule is c1ccc2c(CCN3CCN(c4cnccn4)CC3)[nH]nc2c1. The Bertz CT molecular complexity index is 761. The third-order valence-corrected chi connectivity index (χ3v) is 4.46. The molecule has 1 fully saturated rings. The van der Waals surface area contributed by atoms with E-state index in [1.165, 1.54) is 11.1 Å². The number of H-pyrrole nitrogens is 1. The van der Waals surface area contributed by atoms with Crippen molar-refractivity contribution in [3.05, 3.63) is 48.5 Å². The summed E-state index contributed by atoms with van der Waals surface area (Å²) < 4.78 is 0. The Kier molecular flexibility index (Phi) is 3.90. The number of hydrogen-bond donors (Lipinski definition) is 1. The minimum atomic E-state index is 0.978. The lowest BCUT2D eigenvalue weighted by Gasteiger charge is -2.35. The van der Waals surface area contributed by atoms with Crippen molar-refractivity contribution in [1.29, 1.82) is 0 Å². The van der Waals surface area contributed by atoms with Crippen LogP contribution in [0, 0.1) is 0 Å². The molecule has 0 amide bonds. The maximum Gasteiger partial charge on any atom is 0.147 e. The Morgan fingerprint density at radius 3 is 2.74 bits per heavy atom. The van der Waals surface area contributed by atoms with Gasteiger partial charge in [-0.25, -0.2) is 4.98 Å². The van der Waals surface area contributed by atoms with Crippen molar-refractivity contribution in [1.82, 2.24) is 25.1 Å². The standard InChI is InChI=1S/C17H20N6/c1-2-4-15-14(3-1)16(21-20-15)5-8-22-9-11-23(12-10-22)17-13-18-6-7-19-17/h1-4,6-7,13H,5,8-12H2,(H,20,21). The number of anilines is 1. The summed E-state index contributed by atoms with van der Waals surface area (Å²) in [6.07, 6.45) is 6.32. The first-order chi connectivity index (χ1) is 11.4. The topological polar surface area (TPSA) is 60.9 Å². The fourth-order valence-electron chi connectivity index (χ4n) is 3.13. The van der Waals surface area contributed by atoms with E-state index < -0.39 is 0 Å². The molecule has 0 saturated carbocycles. The number of para-hydroxylation sites is 1. The number of aromatic amines is 1. The molecule has 1 aliphatic heterocycles. The minimum absolute atomic E-state index is 0.978. The lowest BCUT2D eigenvalue weighted by Crippen LogP contribution is -2.47. The van der Waals surface area contributed by atoms with Crippen LogP contribution in [-0.4, -0.2) is 57.8 Å². The van der Waals surface area contributed by atoms with Crippen molar-refractivity contribution in [2.45, 2.75) is 6.42 Å². The molecule has 0 atom stereocenters. The van der Waals surface area contributed by atoms with Crippen molar-refractivity contribution >= 4 is 16.7 Å². The number of piperazine rings is 1. The van der Waals surface area contributed by atoms with E-state index in [0.717, 1.165) is 50.5 Å². The molecule has 1 N–H and O–H groups in total. The number of rotatable bonds is 4. The van der Waals surface area contributed by atoms with Crippen molar-refractivity contribution < 1.29 is 0 Å². The van der Waals surface area contributed by atoms with E-state index >= 15 is 0 Å². The molecule has 3 aromatic rings. The van der Waals surface area contributed by atoms with Crippen molar-refractivity contribution in [3.63, 3.8) is 0 Å². The summed E-state index contributed by atoms with van der Waals surface area (Å²) in [5, 5.41) is 8.79. The monoisotopic (exact) mass is 308 g/mol. The number of aromatic nitrogens is 4. The van der Waals surface area contributed by atoms with Gasteiger partial charge in [0.05, 0.1) is 11.7 Å². The zero-order valence-corrected chi connectivity index (χ0v) is 13.0. The zero-order chi connectivity index (χ0) is 15.5. The van der Waals surface area contributed by atoms with Crippen LogP contribution >= 0.6 is 0 Å². The van der Waals surface area contributed by atoms with Crippen molar-refractivity contribution in [3.8, 4) is 0 Å². The Morgan fingerprint density at radius 1 is 1.04 bits per heavy atom. The van der Waals surface area contributed by atoms with E-state index in [1.54, 1.807) is 12.4 Å². The zero-order valence-electron chi connectivity index (χ0n) is 13.0. The summed E-state index contributed by atoms with van der Waals surface area (Å²) in [6, 6.07) is 8.29. The van der Waals surface area contributed by atoms with Crippen LogP contribution in [0.15, 0.2) is 42.9 Å². The van der Waals surface area contributed by atoms with Gasteiger partial charge in [0.25, 0.3) is 0 Å². The van der Waals surface area contributed by atoms with Crippen LogP contribution in [0.2, 0.25) is 0 Å². The van der Waals surface area contributed by atoms with Crippen molar-refractivity contribution in [2.24, 2.45) is 0 Å². The number of benzene rings is 1. The highest BCUT2D eigenvalue weighted by Gasteiger charge is 2.18. The lowest BCUT2D eigenvalue weighted by atomic mass is 10.1. The summed E-state index contributed by atoms with van der Waals surface area (Å²) >= 11 is 0. The Balaban J connectivity index is 1.33. The molecule has 0 bridgehead atoms. The van der Waals surface area contributed by atoms with Crippen LogP contribution < -0.4 is 4.90 Å². The average molecular weight is 308 g/mol. The van der Waals surface area contributed by atoms with E-state index in [4.69, 9.17) is 0 Å². The predicted molar refractivity (Wildman–Crippen MR) is 90.5 cm³/mol. The van der Waals surface area contributed by atoms with Gasteiger partial charge in [0, 0.05) is 62.6 Å². The Morgan fingerprint density at radius 2 is 1.91 bits per heavy atom. The van der Waals surface area contributed by atoms with Gasteiger partial charge in [-0.05, 0) is 6.07 Å². The first-order valence-corrected chi connectivity index (χ1v) is 8.05. The van der Waals surface area contributed by atoms with Crippen LogP contribution in [0.25, 0.3) is 10.9 Å². The van der Waals surface area contributed by atoms with Crippen LogP contribution in [0.4, 0.5) is 5.82 Å². The van der Waals surface area contributed by atoms with Gasteiger partial charge in [-0.3, -0.25) is 15.0 Å². The van der Waals surface area contributed by atoms with Gasteiger partial charge in [0.15, 0.2) is 0 Å². The fraction of sp³-hybridized carbons (Fsp3) is 0.353. The molecule has 0 unspecified atom stereocenters. The highest BCUT2D eigenvalue weighted by molar-refractivity contribution is 5.81. The third kappa shape index (κ3) is 3.03. The van der Waals surface area contributed by atoms with Gasteiger partial charge >= 0.3 is 0 Å². The molecule has 1 aromatic carbocycles. The molecular weight excluding hydrogens is 288 g/mol. The summed E-state index contributed by atoms with van der Waals surface area (Å²) in [4.78, 5) is 13.3. The van der Waals surface area contributed by atoms with Crippen LogP contribution in [0.1, 0.15) is 5.69 Å². The maximum absolute atomic E-state index is 4.38. The first-order valence-electron chi connectivity index (χ1n) is 8.05. The molecule has 1 aliphatic rings. The quantitative estimate of drug-likeness (QED) is 0.795. The number of nitrogens with one attached hydrogen (secondary N) is 1. The molecule has 4 rings (SSSR count). The highest BCUT2D eigenvalue weighted by Crippen LogP contribution is 2.16.